The van der Waals surface area contributed by atoms with Gasteiger partial charge in [-0.3, -0.25) is 9.48 Å². The number of hydrogen-bond acceptors (Lipinski definition) is 4. The molecule has 1 aromatic carbocycles. The van der Waals surface area contributed by atoms with Crippen molar-refractivity contribution in [1.82, 2.24) is 9.78 Å². The molecule has 2 aromatic rings. The van der Waals surface area contributed by atoms with E-state index in [1.165, 1.54) is 5.56 Å². The fourth-order valence-corrected chi connectivity index (χ4v) is 5.05. The summed E-state index contributed by atoms with van der Waals surface area (Å²) in [6.07, 6.45) is 5.40. The van der Waals surface area contributed by atoms with Gasteiger partial charge >= 0.3 is 0 Å². The summed E-state index contributed by atoms with van der Waals surface area (Å²) in [6, 6.07) is 8.06. The first kappa shape index (κ1) is 16.9. The Morgan fingerprint density at radius 2 is 2.23 bits per heavy atom. The Morgan fingerprint density at radius 1 is 1.42 bits per heavy atom. The standard InChI is InChI=1S/C21H24N2O3/c1-13-18-8-7-14-11-23(2)22-20(14)21(18,10-15(12-24)19(13)25)16-5-4-6-17(9-16)26-3/h4-6,9,11-13,18,24H,7-8,10H2,1-3H3/b15-12-/t13-,18-,21+/m0/s1. The van der Waals surface area contributed by atoms with Crippen molar-refractivity contribution in [3.05, 3.63) is 59.1 Å². The van der Waals surface area contributed by atoms with Crippen LogP contribution < -0.4 is 4.74 Å². The van der Waals surface area contributed by atoms with E-state index in [1.54, 1.807) is 7.11 Å². The highest BCUT2D eigenvalue weighted by Gasteiger charge is 2.55. The zero-order chi connectivity index (χ0) is 18.5. The monoisotopic (exact) mass is 352 g/mol. The van der Waals surface area contributed by atoms with Gasteiger partial charge in [-0.15, -0.1) is 0 Å². The molecule has 3 atom stereocenters. The van der Waals surface area contributed by atoms with Gasteiger partial charge in [-0.25, -0.2) is 0 Å². The molecular formula is C21H24N2O3. The zero-order valence-electron chi connectivity index (χ0n) is 15.4. The molecule has 1 heterocycles. The van der Waals surface area contributed by atoms with Crippen molar-refractivity contribution >= 4 is 5.78 Å². The second-order valence-electron chi connectivity index (χ2n) is 7.51. The third kappa shape index (κ3) is 2.23. The van der Waals surface area contributed by atoms with Crippen LogP contribution in [0, 0.1) is 11.8 Å². The maximum Gasteiger partial charge on any atom is 0.165 e. The molecule has 1 N–H and O–H groups in total. The normalized spacial score (nSPS) is 29.3. The van der Waals surface area contributed by atoms with Gasteiger partial charge in [0.2, 0.25) is 0 Å². The Hall–Kier alpha value is -2.56. The SMILES string of the molecule is COc1cccc([C@]23C/C(=C/O)C(=O)[C@@H](C)[C@@H]2CCc2cn(C)nc23)c1. The number of aliphatic hydroxyl groups excluding tert-OH is 1. The quantitative estimate of drug-likeness (QED) is 0.665. The number of allylic oxidation sites excluding steroid dienone is 1. The van der Waals surface area contributed by atoms with Gasteiger partial charge in [0.15, 0.2) is 5.78 Å². The lowest BCUT2D eigenvalue weighted by atomic mass is 9.52. The Morgan fingerprint density at radius 3 is 2.96 bits per heavy atom. The summed E-state index contributed by atoms with van der Waals surface area (Å²) in [4.78, 5) is 12.7. The van der Waals surface area contributed by atoms with Gasteiger partial charge in [0.05, 0.1) is 19.1 Å². The minimum absolute atomic E-state index is 0.0513. The molecular weight excluding hydrogens is 328 g/mol. The molecule has 0 radical (unpaired) electrons. The van der Waals surface area contributed by atoms with Crippen molar-refractivity contribution < 1.29 is 14.6 Å². The molecule has 5 heteroatoms. The summed E-state index contributed by atoms with van der Waals surface area (Å²) in [5.74, 6) is 0.824. The second kappa shape index (κ2) is 6.01. The first-order valence-corrected chi connectivity index (χ1v) is 9.06. The van der Waals surface area contributed by atoms with E-state index < -0.39 is 5.41 Å². The van der Waals surface area contributed by atoms with Crippen LogP contribution >= 0.6 is 0 Å². The molecule has 26 heavy (non-hydrogen) atoms. The van der Waals surface area contributed by atoms with Crippen LogP contribution in [0.15, 0.2) is 42.3 Å². The molecule has 0 unspecified atom stereocenters. The number of carbonyl (C=O) groups is 1. The van der Waals surface area contributed by atoms with E-state index in [1.807, 2.05) is 36.9 Å². The Labute approximate surface area is 153 Å². The average molecular weight is 352 g/mol. The lowest BCUT2D eigenvalue weighted by Crippen LogP contribution is -2.50. The van der Waals surface area contributed by atoms with Gasteiger partial charge in [-0.1, -0.05) is 19.1 Å². The number of aromatic nitrogens is 2. The van der Waals surface area contributed by atoms with Crippen molar-refractivity contribution in [3.63, 3.8) is 0 Å². The molecule has 5 nitrogen and oxygen atoms in total. The number of aryl methyl sites for hydroxylation is 2. The third-order valence-corrected chi connectivity index (χ3v) is 6.23. The molecule has 1 fully saturated rings. The number of ether oxygens (including phenoxy) is 1. The second-order valence-corrected chi connectivity index (χ2v) is 7.51. The molecule has 1 aromatic heterocycles. The molecule has 0 spiro atoms. The summed E-state index contributed by atoms with van der Waals surface area (Å²) in [7, 11) is 3.60. The van der Waals surface area contributed by atoms with Crippen molar-refractivity contribution in [2.45, 2.75) is 31.6 Å². The van der Waals surface area contributed by atoms with Crippen molar-refractivity contribution in [2.24, 2.45) is 18.9 Å². The average Bonchev–Trinajstić information content (AvgIpc) is 3.05. The fourth-order valence-electron chi connectivity index (χ4n) is 5.05. The highest BCUT2D eigenvalue weighted by Crippen LogP contribution is 2.56. The van der Waals surface area contributed by atoms with Crippen LogP contribution in [0.2, 0.25) is 0 Å². The molecule has 2 aliphatic rings. The third-order valence-electron chi connectivity index (χ3n) is 6.23. The van der Waals surface area contributed by atoms with Crippen LogP contribution in [0.25, 0.3) is 0 Å². The fraction of sp³-hybridized carbons (Fsp3) is 0.429. The lowest BCUT2D eigenvalue weighted by Gasteiger charge is -2.49. The minimum Gasteiger partial charge on any atom is -0.515 e. The van der Waals surface area contributed by atoms with Gasteiger partial charge in [-0.05, 0) is 48.4 Å². The van der Waals surface area contributed by atoms with Crippen LogP contribution in [0.5, 0.6) is 5.75 Å². The number of aliphatic hydroxyl groups is 1. The number of carbonyl (C=O) groups excluding carboxylic acids is 1. The molecule has 136 valence electrons. The molecule has 0 bridgehead atoms. The maximum atomic E-state index is 12.7. The van der Waals surface area contributed by atoms with Crippen LogP contribution in [-0.4, -0.2) is 27.8 Å². The highest BCUT2D eigenvalue weighted by atomic mass is 16.5. The van der Waals surface area contributed by atoms with E-state index >= 15 is 0 Å². The smallest absolute Gasteiger partial charge is 0.165 e. The number of nitrogens with zero attached hydrogens (tertiary/aromatic N) is 2. The largest absolute Gasteiger partial charge is 0.515 e. The Bertz CT molecular complexity index is 898. The van der Waals surface area contributed by atoms with Crippen molar-refractivity contribution in [2.75, 3.05) is 7.11 Å². The zero-order valence-corrected chi connectivity index (χ0v) is 15.4. The van der Waals surface area contributed by atoms with E-state index in [0.29, 0.717) is 12.0 Å². The van der Waals surface area contributed by atoms with E-state index in [-0.39, 0.29) is 17.6 Å². The summed E-state index contributed by atoms with van der Waals surface area (Å²) in [6.45, 7) is 1.98. The van der Waals surface area contributed by atoms with E-state index in [0.717, 1.165) is 36.1 Å². The topological polar surface area (TPSA) is 64.3 Å². The molecule has 4 rings (SSSR count). The number of Topliss-reactive ketones (excluding diaryl/α,β-unsaturated/α-hetero) is 1. The van der Waals surface area contributed by atoms with E-state index in [9.17, 15) is 9.90 Å². The van der Waals surface area contributed by atoms with E-state index in [4.69, 9.17) is 9.84 Å². The number of methoxy groups -OCH3 is 1. The number of ketones is 1. The summed E-state index contributed by atoms with van der Waals surface area (Å²) in [5.41, 5.74) is 3.41. The van der Waals surface area contributed by atoms with Crippen LogP contribution in [0.1, 0.15) is 36.6 Å². The van der Waals surface area contributed by atoms with Gasteiger partial charge < -0.3 is 9.84 Å². The molecule has 0 aliphatic heterocycles. The highest BCUT2D eigenvalue weighted by molar-refractivity contribution is 5.98. The Kier molecular flexibility index (Phi) is 3.90. The summed E-state index contributed by atoms with van der Waals surface area (Å²) in [5, 5.41) is 14.6. The molecule has 1 saturated carbocycles. The summed E-state index contributed by atoms with van der Waals surface area (Å²) >= 11 is 0. The van der Waals surface area contributed by atoms with Gasteiger partial charge in [-0.2, -0.15) is 5.10 Å². The van der Waals surface area contributed by atoms with Crippen molar-refractivity contribution in [1.29, 1.82) is 0 Å². The number of hydrogen-bond donors (Lipinski definition) is 1. The molecule has 0 saturated heterocycles. The van der Waals surface area contributed by atoms with Crippen LogP contribution in [-0.2, 0) is 23.7 Å². The van der Waals surface area contributed by atoms with Crippen LogP contribution in [0.3, 0.4) is 0 Å². The number of fused-ring (bicyclic) bond motifs is 3. The Balaban J connectivity index is 2.01. The molecule has 2 aliphatic carbocycles. The molecule has 0 amide bonds. The summed E-state index contributed by atoms with van der Waals surface area (Å²) < 4.78 is 7.32. The minimum atomic E-state index is -0.425. The van der Waals surface area contributed by atoms with Crippen molar-refractivity contribution in [3.8, 4) is 5.75 Å². The number of benzene rings is 1. The first-order chi connectivity index (χ1) is 12.5. The number of rotatable bonds is 2. The predicted molar refractivity (Wildman–Crippen MR) is 98.3 cm³/mol. The van der Waals surface area contributed by atoms with Gasteiger partial charge in [0, 0.05) is 30.2 Å². The van der Waals surface area contributed by atoms with Gasteiger partial charge in [0.1, 0.15) is 5.75 Å². The van der Waals surface area contributed by atoms with Gasteiger partial charge in [0.25, 0.3) is 0 Å². The lowest BCUT2D eigenvalue weighted by molar-refractivity contribution is -0.123. The van der Waals surface area contributed by atoms with E-state index in [2.05, 4.69) is 12.3 Å². The predicted octanol–water partition coefficient (Wildman–Crippen LogP) is 3.33. The maximum absolute atomic E-state index is 12.7. The van der Waals surface area contributed by atoms with Crippen LogP contribution in [0.4, 0.5) is 0 Å². The first-order valence-electron chi connectivity index (χ1n) is 9.06.